The number of furan rings is 1. The predicted octanol–water partition coefficient (Wildman–Crippen LogP) is 3.26. The molecule has 1 saturated heterocycles. The van der Waals surface area contributed by atoms with E-state index in [9.17, 15) is 4.79 Å². The summed E-state index contributed by atoms with van der Waals surface area (Å²) >= 11 is 4.73. The fraction of sp³-hybridized carbons (Fsp3) is 0.0714. The molecule has 1 aromatic carbocycles. The molecule has 1 fully saturated rings. The molecule has 5 nitrogen and oxygen atoms in total. The van der Waals surface area contributed by atoms with Crippen molar-refractivity contribution in [2.24, 2.45) is 10.2 Å². The lowest BCUT2D eigenvalue weighted by molar-refractivity contribution is -0.116. The average Bonchev–Trinajstić information content (AvgIpc) is 3.09. The highest BCUT2D eigenvalue weighted by Crippen LogP contribution is 2.23. The fourth-order valence-electron chi connectivity index (χ4n) is 1.71. The van der Waals surface area contributed by atoms with E-state index in [-0.39, 0.29) is 5.91 Å². The number of hydrogen-bond donors (Lipinski definition) is 1. The van der Waals surface area contributed by atoms with E-state index in [1.165, 1.54) is 18.0 Å². The molecule has 1 aliphatic rings. The molecule has 0 atom stereocenters. The number of rotatable bonds is 3. The molecule has 2 aromatic rings. The van der Waals surface area contributed by atoms with Gasteiger partial charge in [0.05, 0.1) is 12.0 Å². The molecule has 0 radical (unpaired) electrons. The second-order valence-electron chi connectivity index (χ2n) is 4.20. The quantitative estimate of drug-likeness (QED) is 0.672. The highest BCUT2D eigenvalue weighted by molar-refractivity contribution is 9.10. The van der Waals surface area contributed by atoms with Crippen molar-refractivity contribution in [1.29, 1.82) is 0 Å². The number of halogens is 1. The lowest BCUT2D eigenvalue weighted by Crippen LogP contribution is -2.19. The Balaban J connectivity index is 1.70. The van der Waals surface area contributed by atoms with Crippen molar-refractivity contribution >= 4 is 45.0 Å². The van der Waals surface area contributed by atoms with Gasteiger partial charge in [-0.05, 0) is 24.3 Å². The van der Waals surface area contributed by atoms with Gasteiger partial charge in [-0.25, -0.2) is 0 Å². The minimum atomic E-state index is -0.0514. The first-order valence-electron chi connectivity index (χ1n) is 6.10. The number of nitrogens with zero attached hydrogens (tertiary/aromatic N) is 2. The third kappa shape index (κ3) is 3.62. The van der Waals surface area contributed by atoms with Crippen molar-refractivity contribution in [3.05, 3.63) is 46.6 Å². The fourth-order valence-corrected chi connectivity index (χ4v) is 2.60. The van der Waals surface area contributed by atoms with E-state index in [0.29, 0.717) is 16.7 Å². The van der Waals surface area contributed by atoms with Gasteiger partial charge in [0.15, 0.2) is 5.17 Å². The van der Waals surface area contributed by atoms with Gasteiger partial charge in [0, 0.05) is 10.0 Å². The summed E-state index contributed by atoms with van der Waals surface area (Å²) in [6, 6.07) is 11.5. The maximum absolute atomic E-state index is 11.0. The van der Waals surface area contributed by atoms with E-state index in [1.807, 2.05) is 36.4 Å². The van der Waals surface area contributed by atoms with Crippen molar-refractivity contribution in [3.8, 4) is 11.3 Å². The van der Waals surface area contributed by atoms with Gasteiger partial charge in [-0.3, -0.25) is 4.79 Å². The third-order valence-corrected chi connectivity index (χ3v) is 4.07. The van der Waals surface area contributed by atoms with Crippen molar-refractivity contribution in [2.75, 3.05) is 5.75 Å². The Morgan fingerprint density at radius 3 is 2.76 bits per heavy atom. The molecule has 21 heavy (non-hydrogen) atoms. The predicted molar refractivity (Wildman–Crippen MR) is 87.5 cm³/mol. The lowest BCUT2D eigenvalue weighted by Gasteiger charge is -1.96. The summed E-state index contributed by atoms with van der Waals surface area (Å²) in [7, 11) is 0. The van der Waals surface area contributed by atoms with Crippen LogP contribution in [0.4, 0.5) is 0 Å². The van der Waals surface area contributed by atoms with Crippen LogP contribution in [0.5, 0.6) is 0 Å². The van der Waals surface area contributed by atoms with Crippen LogP contribution in [0.1, 0.15) is 5.76 Å². The van der Waals surface area contributed by atoms with Gasteiger partial charge < -0.3 is 9.73 Å². The monoisotopic (exact) mass is 363 g/mol. The molecule has 1 aliphatic heterocycles. The van der Waals surface area contributed by atoms with Crippen LogP contribution in [0.15, 0.2) is 55.5 Å². The third-order valence-electron chi connectivity index (χ3n) is 2.68. The Hall–Kier alpha value is -1.86. The number of carbonyl (C=O) groups excluding carboxylic acids is 1. The Labute approximate surface area is 133 Å². The number of amidine groups is 1. The van der Waals surface area contributed by atoms with Crippen LogP contribution in [0.2, 0.25) is 0 Å². The molecule has 0 bridgehead atoms. The molecule has 7 heteroatoms. The Morgan fingerprint density at radius 1 is 1.24 bits per heavy atom. The maximum Gasteiger partial charge on any atom is 0.236 e. The van der Waals surface area contributed by atoms with Crippen LogP contribution in [0, 0.1) is 0 Å². The van der Waals surface area contributed by atoms with Crippen molar-refractivity contribution in [1.82, 2.24) is 5.32 Å². The molecule has 1 aromatic heterocycles. The smallest absolute Gasteiger partial charge is 0.236 e. The van der Waals surface area contributed by atoms with Crippen LogP contribution in [-0.2, 0) is 4.79 Å². The van der Waals surface area contributed by atoms with Crippen LogP contribution in [-0.4, -0.2) is 23.0 Å². The summed E-state index contributed by atoms with van der Waals surface area (Å²) < 4.78 is 6.69. The van der Waals surface area contributed by atoms with Crippen LogP contribution in [0.3, 0.4) is 0 Å². The van der Waals surface area contributed by atoms with Gasteiger partial charge in [-0.2, -0.15) is 5.10 Å². The van der Waals surface area contributed by atoms with Crippen LogP contribution >= 0.6 is 27.7 Å². The summed E-state index contributed by atoms with van der Waals surface area (Å²) in [6.07, 6.45) is 1.51. The Bertz CT molecular complexity index is 722. The van der Waals surface area contributed by atoms with E-state index >= 15 is 0 Å². The molecule has 0 aliphatic carbocycles. The molecule has 1 amide bonds. The summed E-state index contributed by atoms with van der Waals surface area (Å²) in [5.41, 5.74) is 0.989. The second-order valence-corrected chi connectivity index (χ2v) is 6.08. The molecular weight excluding hydrogens is 354 g/mol. The first-order chi connectivity index (χ1) is 10.2. The Morgan fingerprint density at radius 2 is 2.05 bits per heavy atom. The van der Waals surface area contributed by atoms with E-state index in [4.69, 9.17) is 4.42 Å². The van der Waals surface area contributed by atoms with Crippen LogP contribution in [0.25, 0.3) is 11.3 Å². The maximum atomic E-state index is 11.0. The molecule has 0 saturated carbocycles. The van der Waals surface area contributed by atoms with Gasteiger partial charge >= 0.3 is 0 Å². The zero-order valence-electron chi connectivity index (χ0n) is 10.7. The molecule has 0 unspecified atom stereocenters. The first kappa shape index (κ1) is 14.1. The number of hydrogen-bond acceptors (Lipinski definition) is 5. The summed E-state index contributed by atoms with van der Waals surface area (Å²) in [5, 5.41) is 10.9. The Kier molecular flexibility index (Phi) is 4.21. The number of nitrogens with one attached hydrogen (secondary N) is 1. The van der Waals surface area contributed by atoms with Crippen molar-refractivity contribution < 1.29 is 9.21 Å². The van der Waals surface area contributed by atoms with Crippen molar-refractivity contribution in [2.45, 2.75) is 0 Å². The number of benzene rings is 1. The second kappa shape index (κ2) is 6.28. The van der Waals surface area contributed by atoms with Gasteiger partial charge in [0.1, 0.15) is 11.5 Å². The molecule has 3 rings (SSSR count). The summed E-state index contributed by atoms with van der Waals surface area (Å²) in [5.74, 6) is 1.71. The minimum Gasteiger partial charge on any atom is -0.455 e. The number of amides is 1. The summed E-state index contributed by atoms with van der Waals surface area (Å²) in [4.78, 5) is 11.0. The van der Waals surface area contributed by atoms with Crippen LogP contribution < -0.4 is 5.32 Å². The van der Waals surface area contributed by atoms with E-state index in [0.717, 1.165) is 15.8 Å². The van der Waals surface area contributed by atoms with Crippen molar-refractivity contribution in [3.63, 3.8) is 0 Å². The zero-order valence-corrected chi connectivity index (χ0v) is 13.1. The van der Waals surface area contributed by atoms with E-state index in [1.54, 1.807) is 0 Å². The normalized spacial score (nSPS) is 16.8. The lowest BCUT2D eigenvalue weighted by atomic mass is 10.2. The van der Waals surface area contributed by atoms with E-state index < -0.39 is 0 Å². The highest BCUT2D eigenvalue weighted by Gasteiger charge is 2.15. The van der Waals surface area contributed by atoms with Gasteiger partial charge in [-0.15, -0.1) is 5.10 Å². The minimum absolute atomic E-state index is 0.0514. The summed E-state index contributed by atoms with van der Waals surface area (Å²) in [6.45, 7) is 0. The van der Waals surface area contributed by atoms with Gasteiger partial charge in [0.25, 0.3) is 0 Å². The molecular formula is C14H10BrN3O2S. The SMILES string of the molecule is O=C1CS/C(=N/N=C/c2ccc(-c3ccc(Br)cc3)o2)N1. The molecule has 0 spiro atoms. The molecule has 106 valence electrons. The standard InChI is InChI=1S/C14H10BrN3O2S/c15-10-3-1-9(2-4-10)12-6-5-11(20-12)7-16-18-14-17-13(19)8-21-14/h1-7H,8H2,(H,17,18,19)/b16-7+. The molecule has 1 N–H and O–H groups in total. The number of thioether (sulfide) groups is 1. The topological polar surface area (TPSA) is 67.0 Å². The molecule has 2 heterocycles. The largest absolute Gasteiger partial charge is 0.455 e. The van der Waals surface area contributed by atoms with E-state index in [2.05, 4.69) is 31.4 Å². The number of carbonyl (C=O) groups is 1. The first-order valence-corrected chi connectivity index (χ1v) is 7.88. The average molecular weight is 364 g/mol. The highest BCUT2D eigenvalue weighted by atomic mass is 79.9. The zero-order chi connectivity index (χ0) is 14.7. The van der Waals surface area contributed by atoms with Gasteiger partial charge in [0.2, 0.25) is 5.91 Å². The van der Waals surface area contributed by atoms with Gasteiger partial charge in [-0.1, -0.05) is 39.8 Å².